The molecule has 72 valence electrons. The summed E-state index contributed by atoms with van der Waals surface area (Å²) in [5.74, 6) is 0. The fourth-order valence-corrected chi connectivity index (χ4v) is 1.60. The topological polar surface area (TPSA) is 50.7 Å². The van der Waals surface area contributed by atoms with Crippen LogP contribution in [0.2, 0.25) is 5.15 Å². The summed E-state index contributed by atoms with van der Waals surface area (Å²) < 4.78 is 3.76. The molecule has 0 amide bonds. The number of anilines is 1. The van der Waals surface area contributed by atoms with Crippen molar-refractivity contribution in [2.24, 2.45) is 0 Å². The molecule has 2 aromatic heterocycles. The Hall–Kier alpha value is -1.20. The number of nitrogens with zero attached hydrogens (tertiary/aromatic N) is 3. The van der Waals surface area contributed by atoms with Gasteiger partial charge in [0.25, 0.3) is 0 Å². The molecule has 14 heavy (non-hydrogen) atoms. The Morgan fingerprint density at radius 1 is 1.50 bits per heavy atom. The molecule has 0 aromatic carbocycles. The highest BCUT2D eigenvalue weighted by molar-refractivity contribution is 7.03. The van der Waals surface area contributed by atoms with Crippen molar-refractivity contribution in [1.82, 2.24) is 14.6 Å². The molecule has 0 aliphatic heterocycles. The number of hydrogen-bond acceptors (Lipinski definition) is 5. The van der Waals surface area contributed by atoms with Crippen LogP contribution in [0, 0.1) is 0 Å². The van der Waals surface area contributed by atoms with Crippen LogP contribution in [0.25, 0.3) is 0 Å². The molecule has 4 nitrogen and oxygen atoms in total. The van der Waals surface area contributed by atoms with Gasteiger partial charge in [0.05, 0.1) is 17.9 Å². The Morgan fingerprint density at radius 2 is 2.43 bits per heavy atom. The summed E-state index contributed by atoms with van der Waals surface area (Å²) in [6.07, 6.45) is 1.65. The lowest BCUT2D eigenvalue weighted by Crippen LogP contribution is -2.00. The fourth-order valence-electron chi connectivity index (χ4n) is 0.965. The Morgan fingerprint density at radius 3 is 3.14 bits per heavy atom. The van der Waals surface area contributed by atoms with Crippen LogP contribution >= 0.6 is 23.1 Å². The molecule has 0 radical (unpaired) electrons. The van der Waals surface area contributed by atoms with E-state index < -0.39 is 0 Å². The van der Waals surface area contributed by atoms with Crippen LogP contribution in [0.5, 0.6) is 0 Å². The van der Waals surface area contributed by atoms with Crippen molar-refractivity contribution < 1.29 is 0 Å². The summed E-state index contributed by atoms with van der Waals surface area (Å²) in [6.45, 7) is 0.613. The number of halogens is 1. The number of rotatable bonds is 3. The Balaban J connectivity index is 2.02. The molecule has 0 aliphatic carbocycles. The molecule has 2 heterocycles. The van der Waals surface area contributed by atoms with E-state index in [0.717, 1.165) is 11.4 Å². The second kappa shape index (κ2) is 4.34. The Labute approximate surface area is 90.1 Å². The zero-order valence-electron chi connectivity index (χ0n) is 7.14. The van der Waals surface area contributed by atoms with Crippen molar-refractivity contribution in [3.05, 3.63) is 34.6 Å². The molecule has 0 saturated carbocycles. The van der Waals surface area contributed by atoms with Crippen LogP contribution in [0.15, 0.2) is 23.7 Å². The summed E-state index contributed by atoms with van der Waals surface area (Å²) in [6, 6.07) is 3.70. The first-order valence-corrected chi connectivity index (χ1v) is 5.18. The molecular formula is C8H7ClN4S. The van der Waals surface area contributed by atoms with E-state index in [0.29, 0.717) is 11.7 Å². The average Bonchev–Trinajstić information content (AvgIpc) is 2.69. The third-order valence-corrected chi connectivity index (χ3v) is 2.48. The van der Waals surface area contributed by atoms with Crippen LogP contribution in [-0.2, 0) is 6.54 Å². The van der Waals surface area contributed by atoms with E-state index in [-0.39, 0.29) is 0 Å². The summed E-state index contributed by atoms with van der Waals surface area (Å²) in [7, 11) is 0. The SMILES string of the molecule is Clc1ncccc1NCc1csnn1. The van der Waals surface area contributed by atoms with E-state index in [2.05, 4.69) is 19.9 Å². The summed E-state index contributed by atoms with van der Waals surface area (Å²) in [5.41, 5.74) is 1.71. The maximum absolute atomic E-state index is 5.86. The van der Waals surface area contributed by atoms with Crippen molar-refractivity contribution in [3.8, 4) is 0 Å². The van der Waals surface area contributed by atoms with Crippen LogP contribution < -0.4 is 5.32 Å². The highest BCUT2D eigenvalue weighted by atomic mass is 35.5. The van der Waals surface area contributed by atoms with Crippen molar-refractivity contribution in [2.75, 3.05) is 5.32 Å². The van der Waals surface area contributed by atoms with Gasteiger partial charge in [0.15, 0.2) is 5.15 Å². The summed E-state index contributed by atoms with van der Waals surface area (Å²) in [4.78, 5) is 3.95. The zero-order chi connectivity index (χ0) is 9.80. The van der Waals surface area contributed by atoms with Gasteiger partial charge in [-0.2, -0.15) is 0 Å². The zero-order valence-corrected chi connectivity index (χ0v) is 8.72. The second-order valence-electron chi connectivity index (χ2n) is 2.59. The van der Waals surface area contributed by atoms with Gasteiger partial charge in [0, 0.05) is 11.6 Å². The minimum Gasteiger partial charge on any atom is -0.377 e. The predicted molar refractivity (Wildman–Crippen MR) is 56.5 cm³/mol. The van der Waals surface area contributed by atoms with Gasteiger partial charge in [-0.3, -0.25) is 0 Å². The molecule has 0 fully saturated rings. The minimum atomic E-state index is 0.468. The van der Waals surface area contributed by atoms with Gasteiger partial charge in [-0.15, -0.1) is 5.10 Å². The highest BCUT2D eigenvalue weighted by Crippen LogP contribution is 2.17. The van der Waals surface area contributed by atoms with Crippen molar-refractivity contribution in [2.45, 2.75) is 6.54 Å². The number of pyridine rings is 1. The van der Waals surface area contributed by atoms with Crippen LogP contribution in [0.1, 0.15) is 5.69 Å². The van der Waals surface area contributed by atoms with E-state index in [1.165, 1.54) is 11.5 Å². The smallest absolute Gasteiger partial charge is 0.152 e. The molecule has 2 rings (SSSR count). The van der Waals surface area contributed by atoms with Crippen molar-refractivity contribution in [1.29, 1.82) is 0 Å². The molecule has 0 atom stereocenters. The van der Waals surface area contributed by atoms with Gasteiger partial charge in [-0.25, -0.2) is 4.98 Å². The van der Waals surface area contributed by atoms with Crippen molar-refractivity contribution >= 4 is 28.8 Å². The molecule has 0 saturated heterocycles. The standard InChI is InChI=1S/C8H7ClN4S/c9-8-7(2-1-3-10-8)11-4-6-5-14-13-12-6/h1-3,5,11H,4H2. The quantitative estimate of drug-likeness (QED) is 0.816. The van der Waals surface area contributed by atoms with Crippen molar-refractivity contribution in [3.63, 3.8) is 0 Å². The maximum Gasteiger partial charge on any atom is 0.152 e. The highest BCUT2D eigenvalue weighted by Gasteiger charge is 2.00. The molecule has 0 unspecified atom stereocenters. The molecule has 0 aliphatic rings. The largest absolute Gasteiger partial charge is 0.377 e. The van der Waals surface area contributed by atoms with E-state index >= 15 is 0 Å². The van der Waals surface area contributed by atoms with Gasteiger partial charge in [0.1, 0.15) is 0 Å². The number of hydrogen-bond donors (Lipinski definition) is 1. The molecule has 0 bridgehead atoms. The molecule has 1 N–H and O–H groups in total. The Bertz CT molecular complexity index is 403. The first kappa shape index (κ1) is 9.36. The van der Waals surface area contributed by atoms with E-state index in [1.54, 1.807) is 6.20 Å². The monoisotopic (exact) mass is 226 g/mol. The van der Waals surface area contributed by atoms with E-state index in [1.807, 2.05) is 17.5 Å². The van der Waals surface area contributed by atoms with Crippen LogP contribution in [0.3, 0.4) is 0 Å². The first-order chi connectivity index (χ1) is 6.86. The number of nitrogens with one attached hydrogen (secondary N) is 1. The predicted octanol–water partition coefficient (Wildman–Crippen LogP) is 2.20. The van der Waals surface area contributed by atoms with Gasteiger partial charge < -0.3 is 5.32 Å². The summed E-state index contributed by atoms with van der Waals surface area (Å²) in [5, 5.41) is 9.38. The molecule has 0 spiro atoms. The third kappa shape index (κ3) is 2.18. The maximum atomic E-state index is 5.86. The molecule has 6 heteroatoms. The molecule has 2 aromatic rings. The lowest BCUT2D eigenvalue weighted by molar-refractivity contribution is 0.997. The van der Waals surface area contributed by atoms with E-state index in [9.17, 15) is 0 Å². The van der Waals surface area contributed by atoms with Gasteiger partial charge in [-0.1, -0.05) is 16.1 Å². The lowest BCUT2D eigenvalue weighted by atomic mass is 10.4. The summed E-state index contributed by atoms with van der Waals surface area (Å²) >= 11 is 7.19. The van der Waals surface area contributed by atoms with Gasteiger partial charge >= 0.3 is 0 Å². The first-order valence-electron chi connectivity index (χ1n) is 3.96. The van der Waals surface area contributed by atoms with Crippen LogP contribution in [0.4, 0.5) is 5.69 Å². The van der Waals surface area contributed by atoms with E-state index in [4.69, 9.17) is 11.6 Å². The lowest BCUT2D eigenvalue weighted by Gasteiger charge is -2.04. The van der Waals surface area contributed by atoms with Gasteiger partial charge in [-0.05, 0) is 23.7 Å². The average molecular weight is 227 g/mol. The Kier molecular flexibility index (Phi) is 2.90. The van der Waals surface area contributed by atoms with Crippen LogP contribution in [-0.4, -0.2) is 14.6 Å². The fraction of sp³-hybridized carbons (Fsp3) is 0.125. The van der Waals surface area contributed by atoms with Gasteiger partial charge in [0.2, 0.25) is 0 Å². The normalized spacial score (nSPS) is 10.1. The third-order valence-electron chi connectivity index (χ3n) is 1.62. The number of aromatic nitrogens is 3. The minimum absolute atomic E-state index is 0.468. The second-order valence-corrected chi connectivity index (χ2v) is 3.56. The molecular weight excluding hydrogens is 220 g/mol.